The fourth-order valence-corrected chi connectivity index (χ4v) is 3.15. The van der Waals surface area contributed by atoms with E-state index in [2.05, 4.69) is 27.0 Å². The number of aromatic nitrogens is 3. The van der Waals surface area contributed by atoms with Crippen molar-refractivity contribution in [3.05, 3.63) is 47.6 Å². The second-order valence-corrected chi connectivity index (χ2v) is 6.79. The molecule has 3 rings (SSSR count). The first-order chi connectivity index (χ1) is 13.3. The fourth-order valence-electron chi connectivity index (χ4n) is 3.15. The van der Waals surface area contributed by atoms with Crippen LogP contribution >= 0.6 is 0 Å². The molecule has 0 fully saturated rings. The van der Waals surface area contributed by atoms with Crippen molar-refractivity contribution in [2.45, 2.75) is 52.0 Å². The quantitative estimate of drug-likeness (QED) is 0.727. The Labute approximate surface area is 160 Å². The summed E-state index contributed by atoms with van der Waals surface area (Å²) >= 11 is 0. The smallest absolute Gasteiger partial charge is 0.244 e. The Morgan fingerprint density at radius 1 is 1.22 bits per heavy atom. The van der Waals surface area contributed by atoms with Crippen molar-refractivity contribution in [2.24, 2.45) is 0 Å². The average molecular weight is 368 g/mol. The average Bonchev–Trinajstić information content (AvgIpc) is 2.92. The largest absolute Gasteiger partial charge is 0.494 e. The zero-order valence-electron chi connectivity index (χ0n) is 16.0. The monoisotopic (exact) mass is 368 g/mol. The molecule has 1 N–H and O–H groups in total. The minimum Gasteiger partial charge on any atom is -0.494 e. The maximum absolute atomic E-state index is 12.0. The first-order valence-electron chi connectivity index (χ1n) is 9.86. The molecule has 0 saturated heterocycles. The molecule has 6 heteroatoms. The van der Waals surface area contributed by atoms with Crippen molar-refractivity contribution in [1.29, 1.82) is 0 Å². The zero-order chi connectivity index (χ0) is 18.9. The van der Waals surface area contributed by atoms with Crippen LogP contribution in [0.3, 0.4) is 0 Å². The van der Waals surface area contributed by atoms with Crippen LogP contribution < -0.4 is 10.1 Å². The van der Waals surface area contributed by atoms with E-state index in [9.17, 15) is 4.79 Å². The molecule has 0 spiro atoms. The first-order valence-corrected chi connectivity index (χ1v) is 9.86. The number of carbonyl (C=O) groups is 1. The van der Waals surface area contributed by atoms with Crippen LogP contribution in [0.1, 0.15) is 49.8 Å². The summed E-state index contributed by atoms with van der Waals surface area (Å²) in [6, 6.07) is 7.73. The Morgan fingerprint density at radius 2 is 2.07 bits per heavy atom. The number of nitrogens with one attached hydrogen (secondary N) is 1. The SMILES string of the molecule is CCCOc1ccc(C=CC(=O)NCCc2nnc3n2CCCCC3)cc1. The molecule has 2 heterocycles. The van der Waals surface area contributed by atoms with E-state index in [1.807, 2.05) is 30.3 Å². The van der Waals surface area contributed by atoms with Gasteiger partial charge in [0.25, 0.3) is 0 Å². The third-order valence-corrected chi connectivity index (χ3v) is 4.61. The van der Waals surface area contributed by atoms with Crippen LogP contribution in [0.25, 0.3) is 6.08 Å². The van der Waals surface area contributed by atoms with Gasteiger partial charge in [-0.15, -0.1) is 10.2 Å². The van der Waals surface area contributed by atoms with Gasteiger partial charge >= 0.3 is 0 Å². The molecule has 0 aliphatic carbocycles. The minimum absolute atomic E-state index is 0.100. The normalized spacial score (nSPS) is 14.0. The number of hydrogen-bond donors (Lipinski definition) is 1. The summed E-state index contributed by atoms with van der Waals surface area (Å²) in [5, 5.41) is 11.5. The fraction of sp³-hybridized carbons (Fsp3) is 0.476. The first kappa shape index (κ1) is 19.1. The van der Waals surface area contributed by atoms with Crippen LogP contribution in [0.5, 0.6) is 5.75 Å². The van der Waals surface area contributed by atoms with Crippen LogP contribution in [0.4, 0.5) is 0 Å². The van der Waals surface area contributed by atoms with Gasteiger partial charge in [-0.05, 0) is 43.0 Å². The molecule has 0 bridgehead atoms. The maximum Gasteiger partial charge on any atom is 0.244 e. The Balaban J connectivity index is 1.44. The Bertz CT molecular complexity index is 765. The molecule has 2 aromatic rings. The number of aryl methyl sites for hydroxylation is 1. The molecule has 1 amide bonds. The second-order valence-electron chi connectivity index (χ2n) is 6.79. The predicted octanol–water partition coefficient (Wildman–Crippen LogP) is 3.17. The lowest BCUT2D eigenvalue weighted by atomic mass is 10.2. The van der Waals surface area contributed by atoms with Crippen LogP contribution in [0.15, 0.2) is 30.3 Å². The number of hydrogen-bond acceptors (Lipinski definition) is 4. The Hall–Kier alpha value is -2.63. The summed E-state index contributed by atoms with van der Waals surface area (Å²) in [5.41, 5.74) is 0.969. The highest BCUT2D eigenvalue weighted by atomic mass is 16.5. The third-order valence-electron chi connectivity index (χ3n) is 4.61. The topological polar surface area (TPSA) is 69.0 Å². The minimum atomic E-state index is -0.100. The Morgan fingerprint density at radius 3 is 2.89 bits per heavy atom. The number of ether oxygens (including phenoxy) is 1. The van der Waals surface area contributed by atoms with E-state index in [1.165, 1.54) is 19.3 Å². The molecule has 0 unspecified atom stereocenters. The van der Waals surface area contributed by atoms with Crippen LogP contribution in [0.2, 0.25) is 0 Å². The number of benzene rings is 1. The predicted molar refractivity (Wildman–Crippen MR) is 106 cm³/mol. The third kappa shape index (κ3) is 5.67. The van der Waals surface area contributed by atoms with Gasteiger partial charge < -0.3 is 14.6 Å². The van der Waals surface area contributed by atoms with Crippen molar-refractivity contribution in [3.8, 4) is 5.75 Å². The molecule has 1 aromatic carbocycles. The molecule has 0 atom stereocenters. The highest BCUT2D eigenvalue weighted by Gasteiger charge is 2.14. The zero-order valence-corrected chi connectivity index (χ0v) is 16.0. The van der Waals surface area contributed by atoms with Gasteiger partial charge in [-0.1, -0.05) is 25.5 Å². The number of rotatable bonds is 8. The van der Waals surface area contributed by atoms with Crippen molar-refractivity contribution in [3.63, 3.8) is 0 Å². The molecule has 27 heavy (non-hydrogen) atoms. The van der Waals surface area contributed by atoms with E-state index in [1.54, 1.807) is 6.08 Å². The molecular weight excluding hydrogens is 340 g/mol. The summed E-state index contributed by atoms with van der Waals surface area (Å²) in [7, 11) is 0. The van der Waals surface area contributed by atoms with E-state index in [-0.39, 0.29) is 5.91 Å². The summed E-state index contributed by atoms with van der Waals surface area (Å²) < 4.78 is 7.77. The molecular formula is C21H28N4O2. The highest BCUT2D eigenvalue weighted by Crippen LogP contribution is 2.15. The van der Waals surface area contributed by atoms with Gasteiger partial charge in [0.2, 0.25) is 5.91 Å². The highest BCUT2D eigenvalue weighted by molar-refractivity contribution is 5.91. The number of nitrogens with zero attached hydrogens (tertiary/aromatic N) is 3. The molecule has 0 saturated carbocycles. The number of amides is 1. The van der Waals surface area contributed by atoms with E-state index in [0.29, 0.717) is 19.6 Å². The summed E-state index contributed by atoms with van der Waals surface area (Å²) in [4.78, 5) is 12.0. The van der Waals surface area contributed by atoms with Gasteiger partial charge in [-0.25, -0.2) is 0 Å². The molecule has 1 aliphatic rings. The van der Waals surface area contributed by atoms with E-state index < -0.39 is 0 Å². The van der Waals surface area contributed by atoms with Gasteiger partial charge in [0.1, 0.15) is 17.4 Å². The lowest BCUT2D eigenvalue weighted by Crippen LogP contribution is -2.24. The van der Waals surface area contributed by atoms with Gasteiger partial charge in [0, 0.05) is 32.0 Å². The summed E-state index contributed by atoms with van der Waals surface area (Å²) in [6.07, 6.45) is 9.67. The van der Waals surface area contributed by atoms with Gasteiger partial charge in [0.15, 0.2) is 0 Å². The molecule has 6 nitrogen and oxygen atoms in total. The molecule has 1 aromatic heterocycles. The van der Waals surface area contributed by atoms with Gasteiger partial charge in [-0.3, -0.25) is 4.79 Å². The van der Waals surface area contributed by atoms with E-state index in [4.69, 9.17) is 4.74 Å². The standard InChI is InChI=1S/C21H28N4O2/c1-2-16-27-18-10-7-17(8-11-18)9-12-21(26)22-14-13-20-24-23-19-6-4-3-5-15-25(19)20/h7-12H,2-6,13-16H2,1H3,(H,22,26). The lowest BCUT2D eigenvalue weighted by Gasteiger charge is -2.07. The van der Waals surface area contributed by atoms with Crippen LogP contribution in [-0.2, 0) is 24.2 Å². The lowest BCUT2D eigenvalue weighted by molar-refractivity contribution is -0.116. The van der Waals surface area contributed by atoms with E-state index in [0.717, 1.165) is 42.3 Å². The summed E-state index contributed by atoms with van der Waals surface area (Å²) in [6.45, 7) is 4.34. The summed E-state index contributed by atoms with van der Waals surface area (Å²) in [5.74, 6) is 2.81. The van der Waals surface area contributed by atoms with Crippen molar-refractivity contribution >= 4 is 12.0 Å². The number of carbonyl (C=O) groups excluding carboxylic acids is 1. The second kappa shape index (κ2) is 9.90. The molecule has 0 radical (unpaired) electrons. The van der Waals surface area contributed by atoms with Crippen LogP contribution in [0, 0.1) is 0 Å². The Kier molecular flexibility index (Phi) is 7.02. The number of fused-ring (bicyclic) bond motifs is 1. The van der Waals surface area contributed by atoms with Crippen molar-refractivity contribution in [1.82, 2.24) is 20.1 Å². The van der Waals surface area contributed by atoms with Gasteiger partial charge in [-0.2, -0.15) is 0 Å². The van der Waals surface area contributed by atoms with Crippen molar-refractivity contribution in [2.75, 3.05) is 13.2 Å². The maximum atomic E-state index is 12.0. The van der Waals surface area contributed by atoms with E-state index >= 15 is 0 Å². The molecule has 144 valence electrons. The van der Waals surface area contributed by atoms with Crippen molar-refractivity contribution < 1.29 is 9.53 Å². The van der Waals surface area contributed by atoms with Gasteiger partial charge in [0.05, 0.1) is 6.61 Å². The van der Waals surface area contributed by atoms with Crippen LogP contribution in [-0.4, -0.2) is 33.8 Å². The molecule has 1 aliphatic heterocycles.